The molecule has 1 heterocycles. The van der Waals surface area contributed by atoms with Gasteiger partial charge in [-0.2, -0.15) is 4.31 Å². The monoisotopic (exact) mass is 518 g/mol. The van der Waals surface area contributed by atoms with Crippen molar-refractivity contribution < 1.29 is 22.4 Å². The molecule has 2 aromatic carbocycles. The van der Waals surface area contributed by atoms with Gasteiger partial charge >= 0.3 is 0 Å². The van der Waals surface area contributed by atoms with Gasteiger partial charge in [0.1, 0.15) is 11.5 Å². The zero-order chi connectivity index (χ0) is 25.3. The van der Waals surface area contributed by atoms with E-state index in [9.17, 15) is 13.2 Å². The Kier molecular flexibility index (Phi) is 9.92. The van der Waals surface area contributed by atoms with Crippen LogP contribution in [0, 0.1) is 6.92 Å². The summed E-state index contributed by atoms with van der Waals surface area (Å²) in [6.45, 7) is 2.77. The van der Waals surface area contributed by atoms with Crippen LogP contribution in [0.15, 0.2) is 76.0 Å². The van der Waals surface area contributed by atoms with Crippen molar-refractivity contribution >= 4 is 27.5 Å². The first-order valence-corrected chi connectivity index (χ1v) is 13.2. The molecule has 0 aliphatic carbocycles. The van der Waals surface area contributed by atoms with Crippen LogP contribution < -0.4 is 0 Å². The van der Waals surface area contributed by atoms with E-state index in [-0.39, 0.29) is 30.4 Å². The molecule has 0 radical (unpaired) electrons. The van der Waals surface area contributed by atoms with E-state index in [0.717, 1.165) is 11.3 Å². The summed E-state index contributed by atoms with van der Waals surface area (Å²) < 4.78 is 38.8. The minimum Gasteiger partial charge on any atom is -0.464 e. The summed E-state index contributed by atoms with van der Waals surface area (Å²) in [6, 6.07) is 19.5. The minimum atomic E-state index is -3.91. The summed E-state index contributed by atoms with van der Waals surface area (Å²) in [7, 11) is -2.36. The van der Waals surface area contributed by atoms with Crippen molar-refractivity contribution in [2.75, 3.05) is 33.4 Å². The molecule has 0 fully saturated rings. The Hall–Kier alpha value is -2.65. The van der Waals surface area contributed by atoms with E-state index in [0.29, 0.717) is 36.8 Å². The molecule has 3 rings (SSSR count). The number of benzene rings is 2. The molecule has 0 saturated carbocycles. The average molecular weight is 519 g/mol. The number of amides is 1. The molecule has 0 spiro atoms. The molecular weight excluding hydrogens is 488 g/mol. The number of carbonyl (C=O) groups is 1. The van der Waals surface area contributed by atoms with Gasteiger partial charge in [-0.15, -0.1) is 0 Å². The molecule has 0 atom stereocenters. The van der Waals surface area contributed by atoms with Gasteiger partial charge in [-0.05, 0) is 61.7 Å². The van der Waals surface area contributed by atoms with Gasteiger partial charge in [-0.25, -0.2) is 8.42 Å². The predicted molar refractivity (Wildman–Crippen MR) is 136 cm³/mol. The van der Waals surface area contributed by atoms with E-state index < -0.39 is 10.0 Å². The molecule has 1 aromatic heterocycles. The number of methoxy groups -OCH3 is 1. The predicted octanol–water partition coefficient (Wildman–Crippen LogP) is 4.54. The number of nitrogens with zero attached hydrogens (tertiary/aromatic N) is 2. The van der Waals surface area contributed by atoms with Crippen LogP contribution in [-0.2, 0) is 32.5 Å². The summed E-state index contributed by atoms with van der Waals surface area (Å²) in [6.07, 6.45) is 1.10. The van der Waals surface area contributed by atoms with Gasteiger partial charge in [-0.1, -0.05) is 41.9 Å². The standard InChI is InChI=1S/C26H31ClN2O5S/c1-21-9-12-24(34-21)19-28(17-15-22-7-4-3-5-8-22)26(30)20-29(16-6-18-33-2)35(31,32)25-13-10-23(27)11-14-25/h3-5,7-14H,6,15-20H2,1-2H3. The third-order valence-corrected chi connectivity index (χ3v) is 7.64. The number of rotatable bonds is 13. The largest absolute Gasteiger partial charge is 0.464 e. The molecule has 0 aliphatic rings. The fourth-order valence-corrected chi connectivity index (χ4v) is 5.19. The third-order valence-electron chi connectivity index (χ3n) is 5.53. The lowest BCUT2D eigenvalue weighted by molar-refractivity contribution is -0.132. The zero-order valence-corrected chi connectivity index (χ0v) is 21.6. The molecule has 0 unspecified atom stereocenters. The summed E-state index contributed by atoms with van der Waals surface area (Å²) in [4.78, 5) is 15.2. The number of furan rings is 1. The van der Waals surface area contributed by atoms with Crippen LogP contribution in [0.3, 0.4) is 0 Å². The van der Waals surface area contributed by atoms with Crippen molar-refractivity contribution in [3.8, 4) is 0 Å². The van der Waals surface area contributed by atoms with Crippen molar-refractivity contribution in [1.82, 2.24) is 9.21 Å². The smallest absolute Gasteiger partial charge is 0.243 e. The molecule has 0 N–H and O–H groups in total. The topological polar surface area (TPSA) is 80.1 Å². The maximum atomic E-state index is 13.5. The maximum absolute atomic E-state index is 13.5. The van der Waals surface area contributed by atoms with E-state index in [1.54, 1.807) is 12.0 Å². The molecule has 35 heavy (non-hydrogen) atoms. The molecule has 1 amide bonds. The van der Waals surface area contributed by atoms with Crippen LogP contribution in [-0.4, -0.2) is 56.9 Å². The summed E-state index contributed by atoms with van der Waals surface area (Å²) >= 11 is 5.94. The molecule has 0 aliphatic heterocycles. The lowest BCUT2D eigenvalue weighted by Crippen LogP contribution is -2.43. The number of hydrogen-bond acceptors (Lipinski definition) is 5. The molecule has 188 valence electrons. The fourth-order valence-electron chi connectivity index (χ4n) is 3.63. The van der Waals surface area contributed by atoms with Crippen molar-refractivity contribution in [3.63, 3.8) is 0 Å². The van der Waals surface area contributed by atoms with Crippen LogP contribution in [0.4, 0.5) is 0 Å². The Bertz CT molecular complexity index is 1180. The second-order valence-corrected chi connectivity index (χ2v) is 10.6. The normalized spacial score (nSPS) is 11.7. The fraction of sp³-hybridized carbons (Fsp3) is 0.346. The first-order valence-electron chi connectivity index (χ1n) is 11.4. The maximum Gasteiger partial charge on any atom is 0.243 e. The van der Waals surface area contributed by atoms with Crippen LogP contribution in [0.25, 0.3) is 0 Å². The highest BCUT2D eigenvalue weighted by Gasteiger charge is 2.28. The van der Waals surface area contributed by atoms with E-state index in [2.05, 4.69) is 0 Å². The van der Waals surface area contributed by atoms with E-state index in [1.807, 2.05) is 49.4 Å². The lowest BCUT2D eigenvalue weighted by Gasteiger charge is -2.27. The van der Waals surface area contributed by atoms with Crippen LogP contribution in [0.1, 0.15) is 23.5 Å². The molecule has 9 heteroatoms. The number of ether oxygens (including phenoxy) is 1. The van der Waals surface area contributed by atoms with E-state index >= 15 is 0 Å². The highest BCUT2D eigenvalue weighted by molar-refractivity contribution is 7.89. The summed E-state index contributed by atoms with van der Waals surface area (Å²) in [5.74, 6) is 1.10. The Labute approximate surface area is 212 Å². The van der Waals surface area contributed by atoms with Crippen molar-refractivity contribution in [3.05, 3.63) is 88.8 Å². The quantitative estimate of drug-likeness (QED) is 0.310. The van der Waals surface area contributed by atoms with E-state index in [1.165, 1.54) is 28.6 Å². The number of carbonyl (C=O) groups excluding carboxylic acids is 1. The lowest BCUT2D eigenvalue weighted by atomic mass is 10.1. The Morgan fingerprint density at radius 2 is 1.71 bits per heavy atom. The minimum absolute atomic E-state index is 0.0876. The summed E-state index contributed by atoms with van der Waals surface area (Å²) in [5.41, 5.74) is 1.09. The van der Waals surface area contributed by atoms with Gasteiger partial charge in [-0.3, -0.25) is 4.79 Å². The number of aryl methyl sites for hydroxylation is 1. The highest BCUT2D eigenvalue weighted by atomic mass is 35.5. The van der Waals surface area contributed by atoms with Gasteiger partial charge in [0.15, 0.2) is 0 Å². The van der Waals surface area contributed by atoms with Crippen molar-refractivity contribution in [2.45, 2.75) is 31.2 Å². The van der Waals surface area contributed by atoms with Crippen molar-refractivity contribution in [2.24, 2.45) is 0 Å². The van der Waals surface area contributed by atoms with Crippen LogP contribution in [0.5, 0.6) is 0 Å². The molecule has 7 nitrogen and oxygen atoms in total. The van der Waals surface area contributed by atoms with Crippen LogP contribution >= 0.6 is 11.6 Å². The van der Waals surface area contributed by atoms with Gasteiger partial charge < -0.3 is 14.1 Å². The first-order chi connectivity index (χ1) is 16.8. The molecular formula is C26H31ClN2O5S. The third kappa shape index (κ3) is 7.93. The molecule has 3 aromatic rings. The number of hydrogen-bond donors (Lipinski definition) is 0. The zero-order valence-electron chi connectivity index (χ0n) is 20.0. The van der Waals surface area contributed by atoms with Gasteiger partial charge in [0.2, 0.25) is 15.9 Å². The van der Waals surface area contributed by atoms with E-state index in [4.69, 9.17) is 20.8 Å². The Morgan fingerprint density at radius 1 is 1.00 bits per heavy atom. The SMILES string of the molecule is COCCCN(CC(=O)N(CCc1ccccc1)Cc1ccc(C)o1)S(=O)(=O)c1ccc(Cl)cc1. The first kappa shape index (κ1) is 26.9. The second-order valence-electron chi connectivity index (χ2n) is 8.20. The number of halogens is 1. The molecule has 0 bridgehead atoms. The highest BCUT2D eigenvalue weighted by Crippen LogP contribution is 2.20. The number of sulfonamides is 1. The Balaban J connectivity index is 1.81. The van der Waals surface area contributed by atoms with Crippen molar-refractivity contribution in [1.29, 1.82) is 0 Å². The summed E-state index contributed by atoms with van der Waals surface area (Å²) in [5, 5.41) is 0.437. The van der Waals surface area contributed by atoms with Gasteiger partial charge in [0, 0.05) is 31.8 Å². The van der Waals surface area contributed by atoms with Gasteiger partial charge in [0.05, 0.1) is 18.0 Å². The second kappa shape index (κ2) is 12.9. The Morgan fingerprint density at radius 3 is 2.34 bits per heavy atom. The molecule has 0 saturated heterocycles. The average Bonchev–Trinajstić information content (AvgIpc) is 3.26. The van der Waals surface area contributed by atoms with Crippen LogP contribution in [0.2, 0.25) is 5.02 Å². The van der Waals surface area contributed by atoms with Gasteiger partial charge in [0.25, 0.3) is 0 Å².